The van der Waals surface area contributed by atoms with Crippen LogP contribution in [0.15, 0.2) is 47.6 Å². The van der Waals surface area contributed by atoms with E-state index in [4.69, 9.17) is 4.74 Å². The predicted molar refractivity (Wildman–Crippen MR) is 112 cm³/mol. The van der Waals surface area contributed by atoms with Gasteiger partial charge in [0.05, 0.1) is 23.4 Å². The number of amides is 1. The molecule has 0 atom stereocenters. The minimum atomic E-state index is -3.58. The van der Waals surface area contributed by atoms with Gasteiger partial charge in [-0.3, -0.25) is 4.79 Å². The van der Waals surface area contributed by atoms with E-state index >= 15 is 0 Å². The van der Waals surface area contributed by atoms with Crippen LogP contribution in [-0.2, 0) is 21.2 Å². The van der Waals surface area contributed by atoms with Crippen LogP contribution in [-0.4, -0.2) is 48.3 Å². The molecule has 2 aliphatic rings. The van der Waals surface area contributed by atoms with Crippen LogP contribution >= 0.6 is 0 Å². The van der Waals surface area contributed by atoms with E-state index in [0.717, 1.165) is 28.8 Å². The fourth-order valence-corrected chi connectivity index (χ4v) is 5.60. The van der Waals surface area contributed by atoms with Gasteiger partial charge in [0.1, 0.15) is 11.4 Å². The Morgan fingerprint density at radius 1 is 1.20 bits per heavy atom. The second-order valence-corrected chi connectivity index (χ2v) is 9.61. The van der Waals surface area contributed by atoms with Crippen molar-refractivity contribution in [3.05, 3.63) is 48.3 Å². The third kappa shape index (κ3) is 3.44. The van der Waals surface area contributed by atoms with E-state index in [1.807, 2.05) is 12.1 Å². The molecule has 0 saturated carbocycles. The van der Waals surface area contributed by atoms with Crippen molar-refractivity contribution in [2.45, 2.75) is 24.2 Å². The van der Waals surface area contributed by atoms with Gasteiger partial charge in [-0.15, -0.1) is 0 Å². The molecular formula is C21H22N4O4S. The van der Waals surface area contributed by atoms with Gasteiger partial charge in [0.2, 0.25) is 15.9 Å². The smallest absolute Gasteiger partial charge is 0.243 e. The summed E-state index contributed by atoms with van der Waals surface area (Å²) in [7, 11) is -3.58. The minimum absolute atomic E-state index is 0.0987. The number of carbonyl (C=O) groups is 1. The molecule has 1 aromatic carbocycles. The number of piperidine rings is 1. The molecule has 2 aliphatic heterocycles. The zero-order valence-electron chi connectivity index (χ0n) is 16.3. The molecule has 2 N–H and O–H groups in total. The molecule has 5 rings (SSSR count). The molecule has 156 valence electrons. The van der Waals surface area contributed by atoms with Gasteiger partial charge < -0.3 is 15.0 Å². The fraction of sp³-hybridized carbons (Fsp3) is 0.333. The van der Waals surface area contributed by atoms with Gasteiger partial charge in [-0.25, -0.2) is 13.4 Å². The third-order valence-electron chi connectivity index (χ3n) is 5.79. The first-order chi connectivity index (χ1) is 14.5. The second-order valence-electron chi connectivity index (χ2n) is 7.68. The number of hydrogen-bond donors (Lipinski definition) is 2. The summed E-state index contributed by atoms with van der Waals surface area (Å²) in [6, 6.07) is 8.80. The zero-order valence-corrected chi connectivity index (χ0v) is 17.1. The highest BCUT2D eigenvalue weighted by molar-refractivity contribution is 7.89. The Morgan fingerprint density at radius 3 is 2.87 bits per heavy atom. The van der Waals surface area contributed by atoms with Gasteiger partial charge in [-0.2, -0.15) is 4.31 Å². The van der Waals surface area contributed by atoms with E-state index < -0.39 is 10.0 Å². The summed E-state index contributed by atoms with van der Waals surface area (Å²) in [5.74, 6) is 0.432. The summed E-state index contributed by atoms with van der Waals surface area (Å²) in [5, 5.41) is 3.83. The van der Waals surface area contributed by atoms with Crippen molar-refractivity contribution in [1.82, 2.24) is 14.3 Å². The predicted octanol–water partition coefficient (Wildman–Crippen LogP) is 2.54. The number of hydrogen-bond acceptors (Lipinski definition) is 5. The zero-order chi connectivity index (χ0) is 20.7. The van der Waals surface area contributed by atoms with Crippen LogP contribution < -0.4 is 10.1 Å². The highest BCUT2D eigenvalue weighted by atomic mass is 32.2. The van der Waals surface area contributed by atoms with Crippen LogP contribution in [0.1, 0.15) is 18.4 Å². The number of H-pyrrole nitrogens is 1. The monoisotopic (exact) mass is 426 g/mol. The second kappa shape index (κ2) is 7.41. The van der Waals surface area contributed by atoms with Crippen molar-refractivity contribution < 1.29 is 17.9 Å². The van der Waals surface area contributed by atoms with Crippen molar-refractivity contribution in [2.75, 3.05) is 25.0 Å². The molecule has 9 heteroatoms. The summed E-state index contributed by atoms with van der Waals surface area (Å²) in [4.78, 5) is 20.3. The summed E-state index contributed by atoms with van der Waals surface area (Å²) < 4.78 is 33.0. The number of sulfonamides is 1. The Balaban J connectivity index is 1.23. The van der Waals surface area contributed by atoms with Crippen LogP contribution in [0.3, 0.4) is 0 Å². The number of carbonyl (C=O) groups excluding carboxylic acids is 1. The lowest BCUT2D eigenvalue weighted by atomic mass is 9.97. The SMILES string of the molecule is O=C(Nc1cnc2[nH]ccc2c1)C1CCN(S(=O)(=O)c2ccc3c(c2)CCO3)CC1. The molecule has 1 amide bonds. The van der Waals surface area contributed by atoms with Gasteiger partial charge >= 0.3 is 0 Å². The largest absolute Gasteiger partial charge is 0.493 e. The molecule has 4 heterocycles. The van der Waals surface area contributed by atoms with Gasteiger partial charge in [-0.05, 0) is 48.7 Å². The molecule has 2 aromatic heterocycles. The van der Waals surface area contributed by atoms with Crippen LogP contribution in [0.25, 0.3) is 11.0 Å². The molecule has 1 saturated heterocycles. The molecule has 0 radical (unpaired) electrons. The minimum Gasteiger partial charge on any atom is -0.493 e. The van der Waals surface area contributed by atoms with Gasteiger partial charge in [-0.1, -0.05) is 0 Å². The summed E-state index contributed by atoms with van der Waals surface area (Å²) >= 11 is 0. The van der Waals surface area contributed by atoms with E-state index in [1.165, 1.54) is 4.31 Å². The number of nitrogens with one attached hydrogen (secondary N) is 2. The number of aromatic nitrogens is 2. The Labute approximate surface area is 174 Å². The van der Waals surface area contributed by atoms with Gasteiger partial charge in [0.15, 0.2) is 0 Å². The highest BCUT2D eigenvalue weighted by Gasteiger charge is 2.32. The van der Waals surface area contributed by atoms with Gasteiger partial charge in [0, 0.05) is 37.0 Å². The lowest BCUT2D eigenvalue weighted by molar-refractivity contribution is -0.120. The lowest BCUT2D eigenvalue weighted by Crippen LogP contribution is -2.41. The first kappa shape index (κ1) is 19.1. The highest BCUT2D eigenvalue weighted by Crippen LogP contribution is 2.30. The maximum absolute atomic E-state index is 13.0. The van der Waals surface area contributed by atoms with E-state index in [1.54, 1.807) is 30.6 Å². The van der Waals surface area contributed by atoms with Crippen molar-refractivity contribution >= 4 is 32.7 Å². The molecule has 3 aromatic rings. The number of anilines is 1. The number of nitrogens with zero attached hydrogens (tertiary/aromatic N) is 2. The molecular weight excluding hydrogens is 404 g/mol. The molecule has 0 bridgehead atoms. The number of fused-ring (bicyclic) bond motifs is 2. The topological polar surface area (TPSA) is 104 Å². The fourth-order valence-electron chi connectivity index (χ4n) is 4.08. The lowest BCUT2D eigenvalue weighted by Gasteiger charge is -2.30. The number of benzene rings is 1. The van der Waals surface area contributed by atoms with Crippen LogP contribution in [0.2, 0.25) is 0 Å². The van der Waals surface area contributed by atoms with E-state index in [2.05, 4.69) is 15.3 Å². The Bertz CT molecular complexity index is 1210. The average Bonchev–Trinajstić information content (AvgIpc) is 3.42. The number of rotatable bonds is 4. The maximum Gasteiger partial charge on any atom is 0.243 e. The van der Waals surface area contributed by atoms with Crippen molar-refractivity contribution in [1.29, 1.82) is 0 Å². The van der Waals surface area contributed by atoms with Crippen molar-refractivity contribution in [3.63, 3.8) is 0 Å². The molecule has 0 unspecified atom stereocenters. The third-order valence-corrected chi connectivity index (χ3v) is 7.69. The number of ether oxygens (including phenoxy) is 1. The maximum atomic E-state index is 13.0. The van der Waals surface area contributed by atoms with Crippen LogP contribution in [0, 0.1) is 5.92 Å². The normalized spacial score (nSPS) is 17.6. The van der Waals surface area contributed by atoms with E-state index in [9.17, 15) is 13.2 Å². The molecule has 1 fully saturated rings. The number of pyridine rings is 1. The molecule has 0 aliphatic carbocycles. The number of aromatic amines is 1. The summed E-state index contributed by atoms with van der Waals surface area (Å²) in [6.07, 6.45) is 5.11. The first-order valence-corrected chi connectivity index (χ1v) is 11.4. The van der Waals surface area contributed by atoms with E-state index in [0.29, 0.717) is 43.1 Å². The molecule has 8 nitrogen and oxygen atoms in total. The average molecular weight is 426 g/mol. The van der Waals surface area contributed by atoms with Crippen molar-refractivity contribution in [2.24, 2.45) is 5.92 Å². The quantitative estimate of drug-likeness (QED) is 0.667. The Kier molecular flexibility index (Phi) is 4.71. The Hall–Kier alpha value is -2.91. The van der Waals surface area contributed by atoms with Crippen LogP contribution in [0.5, 0.6) is 5.75 Å². The molecule has 30 heavy (non-hydrogen) atoms. The summed E-state index contributed by atoms with van der Waals surface area (Å²) in [5.41, 5.74) is 2.34. The van der Waals surface area contributed by atoms with Gasteiger partial charge in [0.25, 0.3) is 0 Å². The van der Waals surface area contributed by atoms with E-state index in [-0.39, 0.29) is 11.8 Å². The summed E-state index contributed by atoms with van der Waals surface area (Å²) in [6.45, 7) is 1.23. The standard InChI is InChI=1S/C21H22N4O4S/c26-21(24-17-11-16-3-7-22-20(16)23-13-17)14-4-8-25(9-5-14)30(27,28)18-1-2-19-15(12-18)6-10-29-19/h1-3,7,11-14H,4-6,8-10H2,(H,22,23)(H,24,26). The first-order valence-electron chi connectivity index (χ1n) is 10.0. The molecule has 0 spiro atoms. The Morgan fingerprint density at radius 2 is 2.03 bits per heavy atom. The van der Waals surface area contributed by atoms with Crippen molar-refractivity contribution in [3.8, 4) is 5.75 Å². The van der Waals surface area contributed by atoms with Crippen LogP contribution in [0.4, 0.5) is 5.69 Å².